The summed E-state index contributed by atoms with van der Waals surface area (Å²) in [4.78, 5) is 2.66. The van der Waals surface area contributed by atoms with Crippen LogP contribution in [0, 0.1) is 47.3 Å². The molecule has 0 heterocycles. The molecule has 8 unspecified atom stereocenters. The van der Waals surface area contributed by atoms with Gasteiger partial charge in [-0.15, -0.1) is 0 Å². The fourth-order valence-electron chi connectivity index (χ4n) is 8.63. The third-order valence-electron chi connectivity index (χ3n) is 8.95. The van der Waals surface area contributed by atoms with Gasteiger partial charge in [-0.3, -0.25) is 4.90 Å². The first-order valence-corrected chi connectivity index (χ1v) is 10.2. The highest BCUT2D eigenvalue weighted by molar-refractivity contribution is 5.53. The van der Waals surface area contributed by atoms with Crippen LogP contribution in [-0.4, -0.2) is 39.3 Å². The Hall–Kier alpha value is -1.42. The number of ether oxygens (including phenoxy) is 3. The minimum atomic E-state index is 0.682. The molecule has 4 heteroatoms. The van der Waals surface area contributed by atoms with E-state index in [2.05, 4.69) is 24.1 Å². The molecule has 0 spiro atoms. The van der Waals surface area contributed by atoms with Gasteiger partial charge in [0.05, 0.1) is 21.3 Å². The Bertz CT molecular complexity index is 733. The molecule has 9 atom stereocenters. The lowest BCUT2D eigenvalue weighted by Crippen LogP contribution is -2.51. The summed E-state index contributed by atoms with van der Waals surface area (Å²) in [6.45, 7) is 0.961. The molecule has 5 fully saturated rings. The molecule has 0 aliphatic heterocycles. The van der Waals surface area contributed by atoms with E-state index in [1.54, 1.807) is 34.2 Å². The van der Waals surface area contributed by atoms with E-state index in [-0.39, 0.29) is 0 Å². The van der Waals surface area contributed by atoms with Gasteiger partial charge >= 0.3 is 0 Å². The van der Waals surface area contributed by atoms with Crippen molar-refractivity contribution in [2.45, 2.75) is 25.4 Å². The number of hydrogen-bond acceptors (Lipinski definition) is 4. The maximum atomic E-state index is 5.55. The Kier molecular flexibility index (Phi) is 3.06. The molecular weight excluding hydrogens is 326 g/mol. The van der Waals surface area contributed by atoms with Crippen molar-refractivity contribution in [2.24, 2.45) is 47.3 Å². The lowest BCUT2D eigenvalue weighted by molar-refractivity contribution is -0.0220. The highest BCUT2D eigenvalue weighted by atomic mass is 16.5. The van der Waals surface area contributed by atoms with E-state index < -0.39 is 0 Å². The van der Waals surface area contributed by atoms with Crippen molar-refractivity contribution in [3.8, 4) is 17.2 Å². The zero-order valence-electron chi connectivity index (χ0n) is 16.1. The Morgan fingerprint density at radius 2 is 1.42 bits per heavy atom. The molecule has 0 N–H and O–H groups in total. The van der Waals surface area contributed by atoms with E-state index in [1.807, 2.05) is 0 Å². The lowest BCUT2D eigenvalue weighted by Gasteiger charge is -2.50. The molecule has 2 bridgehead atoms. The summed E-state index contributed by atoms with van der Waals surface area (Å²) in [5, 5.41) is 0. The zero-order chi connectivity index (χ0) is 17.7. The van der Waals surface area contributed by atoms with E-state index >= 15 is 0 Å². The van der Waals surface area contributed by atoms with Crippen molar-refractivity contribution >= 4 is 0 Å². The monoisotopic (exact) mass is 355 g/mol. The minimum absolute atomic E-state index is 0.682. The van der Waals surface area contributed by atoms with E-state index in [4.69, 9.17) is 14.2 Å². The predicted octanol–water partition coefficient (Wildman–Crippen LogP) is 3.29. The maximum Gasteiger partial charge on any atom is 0.203 e. The standard InChI is InChI=1S/C22H29NO3/c1-23(9-10-5-15(24-2)22(26-4)16(6-10)25-3)21-18-12-8-13-17-11(12)7-14(18)19(17)20(13)21/h5-6,11-14,17-21H,7-9H2,1-4H3/t11?,12?,13?,14?,17?,18?,19?,20?,21-/m0/s1. The topological polar surface area (TPSA) is 30.9 Å². The van der Waals surface area contributed by atoms with E-state index in [1.165, 1.54) is 5.56 Å². The second-order valence-corrected chi connectivity index (χ2v) is 9.38. The van der Waals surface area contributed by atoms with Crippen molar-refractivity contribution in [3.05, 3.63) is 17.7 Å². The van der Waals surface area contributed by atoms with Gasteiger partial charge in [0.15, 0.2) is 11.5 Å². The van der Waals surface area contributed by atoms with Crippen molar-refractivity contribution in [2.75, 3.05) is 28.4 Å². The lowest BCUT2D eigenvalue weighted by atomic mass is 9.58. The van der Waals surface area contributed by atoms with Crippen LogP contribution in [0.25, 0.3) is 0 Å². The smallest absolute Gasteiger partial charge is 0.203 e. The van der Waals surface area contributed by atoms with Crippen molar-refractivity contribution in [3.63, 3.8) is 0 Å². The second-order valence-electron chi connectivity index (χ2n) is 9.38. The average Bonchev–Trinajstić information content (AvgIpc) is 3.20. The van der Waals surface area contributed by atoms with Crippen molar-refractivity contribution in [1.29, 1.82) is 0 Å². The summed E-state index contributed by atoms with van der Waals surface area (Å²) < 4.78 is 16.6. The summed E-state index contributed by atoms with van der Waals surface area (Å²) in [6.07, 6.45) is 3.12. The summed E-state index contributed by atoms with van der Waals surface area (Å²) in [5.74, 6) is 10.7. The first-order valence-electron chi connectivity index (χ1n) is 10.2. The number of hydrogen-bond donors (Lipinski definition) is 0. The molecule has 1 aromatic rings. The van der Waals surface area contributed by atoms with Gasteiger partial charge in [-0.25, -0.2) is 0 Å². The molecule has 6 rings (SSSR count). The molecular formula is C22H29NO3. The van der Waals surface area contributed by atoms with Gasteiger partial charge in [0.2, 0.25) is 5.75 Å². The average molecular weight is 355 g/mol. The van der Waals surface area contributed by atoms with Crippen molar-refractivity contribution < 1.29 is 14.2 Å². The molecule has 5 saturated carbocycles. The van der Waals surface area contributed by atoms with Crippen LogP contribution in [0.5, 0.6) is 17.2 Å². The number of methoxy groups -OCH3 is 3. The van der Waals surface area contributed by atoms with Gasteiger partial charge in [-0.2, -0.15) is 0 Å². The number of nitrogens with zero attached hydrogens (tertiary/aromatic N) is 1. The van der Waals surface area contributed by atoms with Crippen LogP contribution in [0.1, 0.15) is 18.4 Å². The number of benzene rings is 1. The first-order chi connectivity index (χ1) is 12.7. The van der Waals surface area contributed by atoms with Crippen molar-refractivity contribution in [1.82, 2.24) is 4.90 Å². The number of rotatable bonds is 6. The third kappa shape index (κ3) is 1.62. The Labute approximate surface area is 155 Å². The highest BCUT2D eigenvalue weighted by Gasteiger charge is 2.80. The Morgan fingerprint density at radius 3 is 2.04 bits per heavy atom. The van der Waals surface area contributed by atoms with Gasteiger partial charge in [0, 0.05) is 12.6 Å². The third-order valence-corrected chi connectivity index (χ3v) is 8.95. The van der Waals surface area contributed by atoms with Gasteiger partial charge in [-0.1, -0.05) is 0 Å². The Balaban J connectivity index is 1.28. The largest absolute Gasteiger partial charge is 0.493 e. The molecule has 0 amide bonds. The van der Waals surface area contributed by atoms with Crippen LogP contribution in [0.15, 0.2) is 12.1 Å². The maximum absolute atomic E-state index is 5.55. The predicted molar refractivity (Wildman–Crippen MR) is 98.5 cm³/mol. The molecule has 4 nitrogen and oxygen atoms in total. The van der Waals surface area contributed by atoms with E-state index in [0.29, 0.717) is 5.75 Å². The van der Waals surface area contributed by atoms with Gasteiger partial charge in [0.1, 0.15) is 0 Å². The molecule has 5 aliphatic rings. The van der Waals surface area contributed by atoms with E-state index in [9.17, 15) is 0 Å². The molecule has 1 aromatic carbocycles. The van der Waals surface area contributed by atoms with Gasteiger partial charge in [0.25, 0.3) is 0 Å². The summed E-state index contributed by atoms with van der Waals surface area (Å²) in [5.41, 5.74) is 1.25. The summed E-state index contributed by atoms with van der Waals surface area (Å²) >= 11 is 0. The first kappa shape index (κ1) is 15.6. The normalized spacial score (nSPS) is 45.5. The molecule has 26 heavy (non-hydrogen) atoms. The van der Waals surface area contributed by atoms with Crippen LogP contribution in [0.4, 0.5) is 0 Å². The second kappa shape index (κ2) is 5.09. The zero-order valence-corrected chi connectivity index (χ0v) is 16.1. The Morgan fingerprint density at radius 1 is 0.808 bits per heavy atom. The van der Waals surface area contributed by atoms with Crippen LogP contribution < -0.4 is 14.2 Å². The number of fused-ring (bicyclic) bond motifs is 2. The molecule has 0 aromatic heterocycles. The van der Waals surface area contributed by atoms with Gasteiger partial charge < -0.3 is 14.2 Å². The molecule has 140 valence electrons. The quantitative estimate of drug-likeness (QED) is 0.783. The molecule has 0 radical (unpaired) electrons. The summed E-state index contributed by atoms with van der Waals surface area (Å²) in [7, 11) is 7.40. The molecule has 0 saturated heterocycles. The fourth-order valence-corrected chi connectivity index (χ4v) is 8.63. The SMILES string of the molecule is COc1cc(CN(C)[C@H]2C3C4CC5C6C4CC3C6C52)cc(OC)c1OC. The van der Waals surface area contributed by atoms with Crippen LogP contribution in [-0.2, 0) is 6.54 Å². The molecule has 5 aliphatic carbocycles. The van der Waals surface area contributed by atoms with Crippen LogP contribution in [0.3, 0.4) is 0 Å². The van der Waals surface area contributed by atoms with E-state index in [0.717, 1.165) is 71.4 Å². The highest BCUT2D eigenvalue weighted by Crippen LogP contribution is 2.83. The fraction of sp³-hybridized carbons (Fsp3) is 0.727. The van der Waals surface area contributed by atoms with Crippen LogP contribution >= 0.6 is 0 Å². The van der Waals surface area contributed by atoms with Gasteiger partial charge in [-0.05, 0) is 84.9 Å². The summed E-state index contributed by atoms with van der Waals surface area (Å²) in [6, 6.07) is 5.03. The van der Waals surface area contributed by atoms with Crippen LogP contribution in [0.2, 0.25) is 0 Å². The minimum Gasteiger partial charge on any atom is -0.493 e.